The predicted octanol–water partition coefficient (Wildman–Crippen LogP) is 1.59. The Morgan fingerprint density at radius 3 is 2.69 bits per heavy atom. The highest BCUT2D eigenvalue weighted by Crippen LogP contribution is 2.24. The summed E-state index contributed by atoms with van der Waals surface area (Å²) in [4.78, 5) is 13.4. The van der Waals surface area contributed by atoms with Crippen molar-refractivity contribution in [2.75, 3.05) is 12.3 Å². The number of rotatable bonds is 5. The van der Waals surface area contributed by atoms with Crippen molar-refractivity contribution >= 4 is 25.6 Å². The van der Waals surface area contributed by atoms with Crippen molar-refractivity contribution in [3.8, 4) is 0 Å². The Kier molecular flexibility index (Phi) is 4.62. The highest BCUT2D eigenvalue weighted by molar-refractivity contribution is 8.13. The van der Waals surface area contributed by atoms with Gasteiger partial charge in [0.25, 0.3) is 0 Å². The lowest BCUT2D eigenvalue weighted by Crippen LogP contribution is -2.34. The van der Waals surface area contributed by atoms with Crippen LogP contribution in [0.2, 0.25) is 0 Å². The maximum absolute atomic E-state index is 11.7. The van der Waals surface area contributed by atoms with Crippen LogP contribution >= 0.6 is 10.7 Å². The van der Waals surface area contributed by atoms with Crippen LogP contribution in [-0.4, -0.2) is 37.6 Å². The SMILES string of the molecule is CCCC(C)N1CC(CS(=O)(=O)Cl)CC1=O. The monoisotopic (exact) mass is 267 g/mol. The second-order valence-corrected chi connectivity index (χ2v) is 7.28. The lowest BCUT2D eigenvalue weighted by atomic mass is 10.1. The summed E-state index contributed by atoms with van der Waals surface area (Å²) >= 11 is 0. The largest absolute Gasteiger partial charge is 0.340 e. The molecule has 0 N–H and O–H groups in total. The van der Waals surface area contributed by atoms with Crippen LogP contribution in [0.15, 0.2) is 0 Å². The molecule has 0 bridgehead atoms. The van der Waals surface area contributed by atoms with E-state index in [1.807, 2.05) is 6.92 Å². The van der Waals surface area contributed by atoms with Gasteiger partial charge in [0, 0.05) is 35.6 Å². The van der Waals surface area contributed by atoms with Gasteiger partial charge in [-0.25, -0.2) is 8.42 Å². The van der Waals surface area contributed by atoms with Crippen molar-refractivity contribution in [3.05, 3.63) is 0 Å². The minimum Gasteiger partial charge on any atom is -0.340 e. The van der Waals surface area contributed by atoms with E-state index < -0.39 is 9.05 Å². The van der Waals surface area contributed by atoms with E-state index in [9.17, 15) is 13.2 Å². The summed E-state index contributed by atoms with van der Waals surface area (Å²) in [6.07, 6.45) is 2.27. The first-order valence-electron chi connectivity index (χ1n) is 5.55. The summed E-state index contributed by atoms with van der Waals surface area (Å²) in [7, 11) is 1.69. The van der Waals surface area contributed by atoms with E-state index in [-0.39, 0.29) is 23.6 Å². The van der Waals surface area contributed by atoms with Gasteiger partial charge in [-0.1, -0.05) is 13.3 Å². The number of hydrogen-bond acceptors (Lipinski definition) is 3. The van der Waals surface area contributed by atoms with Gasteiger partial charge in [-0.05, 0) is 13.3 Å². The van der Waals surface area contributed by atoms with E-state index in [0.717, 1.165) is 12.8 Å². The van der Waals surface area contributed by atoms with E-state index >= 15 is 0 Å². The molecule has 0 saturated carbocycles. The summed E-state index contributed by atoms with van der Waals surface area (Å²) in [5.41, 5.74) is 0. The molecule has 94 valence electrons. The molecule has 1 fully saturated rings. The van der Waals surface area contributed by atoms with Crippen molar-refractivity contribution in [1.82, 2.24) is 4.90 Å². The maximum atomic E-state index is 11.7. The van der Waals surface area contributed by atoms with Crippen LogP contribution in [0.5, 0.6) is 0 Å². The smallest absolute Gasteiger partial charge is 0.232 e. The fraction of sp³-hybridized carbons (Fsp3) is 0.900. The number of likely N-dealkylation sites (tertiary alicyclic amines) is 1. The van der Waals surface area contributed by atoms with E-state index in [1.165, 1.54) is 0 Å². The van der Waals surface area contributed by atoms with Crippen molar-refractivity contribution in [1.29, 1.82) is 0 Å². The second kappa shape index (κ2) is 5.36. The molecule has 0 radical (unpaired) electrons. The van der Waals surface area contributed by atoms with Crippen LogP contribution in [0.3, 0.4) is 0 Å². The summed E-state index contributed by atoms with van der Waals surface area (Å²) in [6, 6.07) is 0.195. The molecule has 0 aromatic carbocycles. The fourth-order valence-corrected chi connectivity index (χ4v) is 3.52. The first-order valence-corrected chi connectivity index (χ1v) is 8.03. The van der Waals surface area contributed by atoms with Gasteiger partial charge in [-0.15, -0.1) is 0 Å². The number of carbonyl (C=O) groups excluding carboxylic acids is 1. The molecular formula is C10H18ClNO3S. The van der Waals surface area contributed by atoms with Gasteiger partial charge in [0.2, 0.25) is 15.0 Å². The Labute approximate surface area is 101 Å². The molecule has 0 aliphatic carbocycles. The number of amides is 1. The highest BCUT2D eigenvalue weighted by atomic mass is 35.7. The average Bonchev–Trinajstić information content (AvgIpc) is 2.44. The van der Waals surface area contributed by atoms with Crippen LogP contribution < -0.4 is 0 Å². The molecule has 0 aromatic heterocycles. The van der Waals surface area contributed by atoms with Gasteiger partial charge in [-0.2, -0.15) is 0 Å². The Balaban J connectivity index is 2.57. The fourth-order valence-electron chi connectivity index (χ4n) is 2.20. The molecule has 4 nitrogen and oxygen atoms in total. The lowest BCUT2D eigenvalue weighted by molar-refractivity contribution is -0.129. The minimum absolute atomic E-state index is 0.0475. The van der Waals surface area contributed by atoms with Gasteiger partial charge >= 0.3 is 0 Å². The highest BCUT2D eigenvalue weighted by Gasteiger charge is 2.34. The van der Waals surface area contributed by atoms with Crippen LogP contribution in [-0.2, 0) is 13.8 Å². The molecule has 2 unspecified atom stereocenters. The first-order chi connectivity index (χ1) is 7.33. The van der Waals surface area contributed by atoms with E-state index in [4.69, 9.17) is 10.7 Å². The summed E-state index contributed by atoms with van der Waals surface area (Å²) in [5.74, 6) is -0.198. The van der Waals surface area contributed by atoms with Crippen LogP contribution in [0, 0.1) is 5.92 Å². The Morgan fingerprint density at radius 2 is 2.19 bits per heavy atom. The molecule has 2 atom stereocenters. The maximum Gasteiger partial charge on any atom is 0.232 e. The van der Waals surface area contributed by atoms with E-state index in [1.54, 1.807) is 4.90 Å². The van der Waals surface area contributed by atoms with Crippen molar-refractivity contribution in [2.45, 2.75) is 39.2 Å². The Morgan fingerprint density at radius 1 is 1.56 bits per heavy atom. The van der Waals surface area contributed by atoms with Crippen molar-refractivity contribution in [3.63, 3.8) is 0 Å². The number of nitrogens with zero attached hydrogens (tertiary/aromatic N) is 1. The van der Waals surface area contributed by atoms with Gasteiger partial charge in [0.1, 0.15) is 0 Å². The third-order valence-electron chi connectivity index (χ3n) is 2.91. The first kappa shape index (κ1) is 13.8. The molecule has 1 aliphatic rings. The quantitative estimate of drug-likeness (QED) is 0.711. The number of carbonyl (C=O) groups is 1. The van der Waals surface area contributed by atoms with Crippen LogP contribution in [0.4, 0.5) is 0 Å². The zero-order chi connectivity index (χ0) is 12.3. The third kappa shape index (κ3) is 3.94. The zero-order valence-corrected chi connectivity index (χ0v) is 11.2. The normalized spacial score (nSPS) is 23.8. The molecule has 1 aliphatic heterocycles. The van der Waals surface area contributed by atoms with Gasteiger partial charge in [-0.3, -0.25) is 4.79 Å². The number of halogens is 1. The van der Waals surface area contributed by atoms with Crippen molar-refractivity contribution in [2.24, 2.45) is 5.92 Å². The van der Waals surface area contributed by atoms with Gasteiger partial charge < -0.3 is 4.90 Å². The molecule has 16 heavy (non-hydrogen) atoms. The molecule has 1 amide bonds. The summed E-state index contributed by atoms with van der Waals surface area (Å²) in [5, 5.41) is 0. The number of hydrogen-bond donors (Lipinski definition) is 0. The molecule has 1 heterocycles. The molecule has 1 rings (SSSR count). The van der Waals surface area contributed by atoms with E-state index in [2.05, 4.69) is 6.92 Å². The standard InChI is InChI=1S/C10H18ClNO3S/c1-3-4-8(2)12-6-9(5-10(12)13)7-16(11,14)15/h8-9H,3-7H2,1-2H3. The molecule has 6 heteroatoms. The molecule has 0 spiro atoms. The molecule has 1 saturated heterocycles. The topological polar surface area (TPSA) is 54.5 Å². The Bertz CT molecular complexity index is 355. The predicted molar refractivity (Wildman–Crippen MR) is 63.8 cm³/mol. The minimum atomic E-state index is -3.50. The lowest BCUT2D eigenvalue weighted by Gasteiger charge is -2.24. The molecular weight excluding hydrogens is 250 g/mol. The second-order valence-electron chi connectivity index (χ2n) is 4.46. The van der Waals surface area contributed by atoms with Gasteiger partial charge in [0.15, 0.2) is 0 Å². The zero-order valence-electron chi connectivity index (χ0n) is 9.65. The summed E-state index contributed by atoms with van der Waals surface area (Å²) in [6.45, 7) is 4.59. The third-order valence-corrected chi connectivity index (χ3v) is 4.16. The van der Waals surface area contributed by atoms with Gasteiger partial charge in [0.05, 0.1) is 5.75 Å². The average molecular weight is 268 g/mol. The van der Waals surface area contributed by atoms with Crippen LogP contribution in [0.1, 0.15) is 33.1 Å². The molecule has 0 aromatic rings. The Hall–Kier alpha value is -0.290. The van der Waals surface area contributed by atoms with Crippen LogP contribution in [0.25, 0.3) is 0 Å². The van der Waals surface area contributed by atoms with E-state index in [0.29, 0.717) is 13.0 Å². The van der Waals surface area contributed by atoms with Crippen molar-refractivity contribution < 1.29 is 13.2 Å². The summed E-state index contributed by atoms with van der Waals surface area (Å²) < 4.78 is 21.9.